The Morgan fingerprint density at radius 1 is 0.844 bits per heavy atom. The molecule has 0 spiro atoms. The molecule has 2 fully saturated rings. The lowest BCUT2D eigenvalue weighted by Crippen LogP contribution is -2.29. The lowest BCUT2D eigenvalue weighted by atomic mass is 9.68. The maximum absolute atomic E-state index is 12.4. The van der Waals surface area contributed by atoms with Crippen LogP contribution in [0.1, 0.15) is 110 Å². The van der Waals surface area contributed by atoms with Crippen molar-refractivity contribution in [2.45, 2.75) is 110 Å². The van der Waals surface area contributed by atoms with Crippen LogP contribution in [0, 0.1) is 23.7 Å². The number of carbonyl (C=O) groups is 2. The maximum Gasteiger partial charge on any atom is 0.308 e. The Morgan fingerprint density at radius 2 is 1.47 bits per heavy atom. The van der Waals surface area contributed by atoms with Crippen LogP contribution >= 0.6 is 0 Å². The Bertz CT molecular complexity index is 528. The average Bonchev–Trinajstić information content (AvgIpc) is 2.83. The fraction of sp³-hybridized carbons (Fsp3) is 0.857. The molecule has 4 nitrogen and oxygen atoms in total. The standard InChI is InChI=1S/C28H48O4/c1-3-4-7-10-24-11-13-25(14-12-24)26-15-17-27(18-16-26)28(30)32-20-9-6-5-8-19-31-22-23(2)21-29/h21,24-27H,2-20,22H2,1H3. The van der Waals surface area contributed by atoms with Crippen molar-refractivity contribution < 1.29 is 19.1 Å². The van der Waals surface area contributed by atoms with Gasteiger partial charge in [0.15, 0.2) is 0 Å². The Kier molecular flexibility index (Phi) is 13.9. The second-order valence-corrected chi connectivity index (χ2v) is 10.3. The fourth-order valence-electron chi connectivity index (χ4n) is 5.65. The van der Waals surface area contributed by atoms with Gasteiger partial charge < -0.3 is 9.47 Å². The molecule has 2 aliphatic rings. The molecule has 0 amide bonds. The van der Waals surface area contributed by atoms with Crippen LogP contribution in [0.15, 0.2) is 12.2 Å². The first-order valence-electron chi connectivity index (χ1n) is 13.5. The van der Waals surface area contributed by atoms with Gasteiger partial charge in [-0.25, -0.2) is 0 Å². The zero-order valence-corrected chi connectivity index (χ0v) is 20.7. The lowest BCUT2D eigenvalue weighted by molar-refractivity contribution is -0.150. The van der Waals surface area contributed by atoms with Crippen LogP contribution in [0.25, 0.3) is 0 Å². The first kappa shape index (κ1) is 27.1. The van der Waals surface area contributed by atoms with Gasteiger partial charge >= 0.3 is 5.97 Å². The zero-order valence-electron chi connectivity index (χ0n) is 20.7. The van der Waals surface area contributed by atoms with Gasteiger partial charge in [-0.3, -0.25) is 9.59 Å². The highest BCUT2D eigenvalue weighted by Gasteiger charge is 2.33. The molecule has 0 radical (unpaired) electrons. The minimum absolute atomic E-state index is 0.0405. The molecule has 0 aromatic rings. The summed E-state index contributed by atoms with van der Waals surface area (Å²) in [5, 5.41) is 0. The fourth-order valence-corrected chi connectivity index (χ4v) is 5.65. The molecule has 32 heavy (non-hydrogen) atoms. The second kappa shape index (κ2) is 16.5. The number of hydrogen-bond acceptors (Lipinski definition) is 4. The van der Waals surface area contributed by atoms with Crippen molar-refractivity contribution in [1.29, 1.82) is 0 Å². The van der Waals surface area contributed by atoms with E-state index in [0.29, 0.717) is 25.4 Å². The summed E-state index contributed by atoms with van der Waals surface area (Å²) >= 11 is 0. The third kappa shape index (κ3) is 10.6. The van der Waals surface area contributed by atoms with Crippen molar-refractivity contribution in [3.63, 3.8) is 0 Å². The highest BCUT2D eigenvalue weighted by atomic mass is 16.5. The lowest BCUT2D eigenvalue weighted by Gasteiger charge is -2.37. The predicted octanol–water partition coefficient (Wildman–Crippen LogP) is 7.05. The second-order valence-electron chi connectivity index (χ2n) is 10.3. The third-order valence-electron chi connectivity index (χ3n) is 7.76. The molecule has 0 N–H and O–H groups in total. The highest BCUT2D eigenvalue weighted by molar-refractivity contribution is 5.72. The van der Waals surface area contributed by atoms with E-state index >= 15 is 0 Å². The van der Waals surface area contributed by atoms with Gasteiger partial charge in [0.2, 0.25) is 0 Å². The van der Waals surface area contributed by atoms with Crippen LogP contribution in [0.3, 0.4) is 0 Å². The maximum atomic E-state index is 12.4. The van der Waals surface area contributed by atoms with Crippen LogP contribution in [0.5, 0.6) is 0 Å². The number of carbonyl (C=O) groups excluding carboxylic acids is 2. The Hall–Kier alpha value is -1.16. The SMILES string of the molecule is C=C(C=O)COCCCCCCOC(=O)C1CCC(C2CCC(CCCCC)CC2)CC1. The van der Waals surface area contributed by atoms with Gasteiger partial charge in [0.05, 0.1) is 19.1 Å². The molecule has 4 heteroatoms. The highest BCUT2D eigenvalue weighted by Crippen LogP contribution is 2.42. The number of rotatable bonds is 16. The predicted molar refractivity (Wildman–Crippen MR) is 130 cm³/mol. The number of aldehydes is 1. The Morgan fingerprint density at radius 3 is 2.09 bits per heavy atom. The zero-order chi connectivity index (χ0) is 23.0. The molecule has 2 rings (SSSR count). The average molecular weight is 449 g/mol. The van der Waals surface area contributed by atoms with E-state index in [1.165, 1.54) is 64.2 Å². The normalized spacial score (nSPS) is 25.9. The molecule has 0 atom stereocenters. The van der Waals surface area contributed by atoms with Crippen molar-refractivity contribution in [2.24, 2.45) is 23.7 Å². The van der Waals surface area contributed by atoms with Gasteiger partial charge in [-0.05, 0) is 75.5 Å². The third-order valence-corrected chi connectivity index (χ3v) is 7.76. The summed E-state index contributed by atoms with van der Waals surface area (Å²) in [6.07, 6.45) is 20.6. The summed E-state index contributed by atoms with van der Waals surface area (Å²) in [5.41, 5.74) is 0.483. The van der Waals surface area contributed by atoms with Crippen molar-refractivity contribution in [3.05, 3.63) is 12.2 Å². The summed E-state index contributed by atoms with van der Waals surface area (Å²) in [6.45, 7) is 7.40. The van der Waals surface area contributed by atoms with E-state index in [2.05, 4.69) is 13.5 Å². The number of ether oxygens (including phenoxy) is 2. The van der Waals surface area contributed by atoms with E-state index in [4.69, 9.17) is 9.47 Å². The van der Waals surface area contributed by atoms with Gasteiger partial charge in [-0.2, -0.15) is 0 Å². The molecule has 184 valence electrons. The minimum Gasteiger partial charge on any atom is -0.465 e. The summed E-state index contributed by atoms with van der Waals surface area (Å²) in [7, 11) is 0. The molecule has 2 saturated carbocycles. The molecule has 2 aliphatic carbocycles. The molecule has 0 heterocycles. The van der Waals surface area contributed by atoms with E-state index in [1.807, 2.05) is 0 Å². The van der Waals surface area contributed by atoms with Crippen LogP contribution in [0.2, 0.25) is 0 Å². The van der Waals surface area contributed by atoms with Crippen molar-refractivity contribution in [3.8, 4) is 0 Å². The number of esters is 1. The minimum atomic E-state index is 0.0405. The van der Waals surface area contributed by atoms with Gasteiger partial charge in [0.1, 0.15) is 6.29 Å². The molecule has 0 aromatic heterocycles. The molecule has 0 aliphatic heterocycles. The topological polar surface area (TPSA) is 52.6 Å². The van der Waals surface area contributed by atoms with Gasteiger partial charge in [0.25, 0.3) is 0 Å². The molecule has 0 saturated heterocycles. The van der Waals surface area contributed by atoms with E-state index in [1.54, 1.807) is 0 Å². The van der Waals surface area contributed by atoms with Gasteiger partial charge in [-0.15, -0.1) is 0 Å². The Labute approximate surface area is 196 Å². The summed E-state index contributed by atoms with van der Waals surface area (Å²) in [6, 6.07) is 0. The molecule has 0 unspecified atom stereocenters. The first-order valence-corrected chi connectivity index (χ1v) is 13.5. The van der Waals surface area contributed by atoms with E-state index < -0.39 is 0 Å². The molecule has 0 bridgehead atoms. The van der Waals surface area contributed by atoms with Gasteiger partial charge in [0, 0.05) is 12.2 Å². The largest absolute Gasteiger partial charge is 0.465 e. The first-order chi connectivity index (χ1) is 15.6. The van der Waals surface area contributed by atoms with E-state index in [-0.39, 0.29) is 11.9 Å². The van der Waals surface area contributed by atoms with Crippen LogP contribution in [-0.4, -0.2) is 32.1 Å². The summed E-state index contributed by atoms with van der Waals surface area (Å²) in [5.74, 6) is 2.92. The molecular weight excluding hydrogens is 400 g/mol. The quantitative estimate of drug-likeness (QED) is 0.110. The number of hydrogen-bond donors (Lipinski definition) is 0. The van der Waals surface area contributed by atoms with Crippen molar-refractivity contribution >= 4 is 12.3 Å². The van der Waals surface area contributed by atoms with Crippen molar-refractivity contribution in [1.82, 2.24) is 0 Å². The summed E-state index contributed by atoms with van der Waals surface area (Å²) in [4.78, 5) is 22.9. The van der Waals surface area contributed by atoms with Gasteiger partial charge in [-0.1, -0.05) is 58.4 Å². The number of unbranched alkanes of at least 4 members (excludes halogenated alkanes) is 5. The van der Waals surface area contributed by atoms with E-state index in [0.717, 1.165) is 62.6 Å². The smallest absolute Gasteiger partial charge is 0.308 e. The van der Waals surface area contributed by atoms with Crippen molar-refractivity contribution in [2.75, 3.05) is 19.8 Å². The van der Waals surface area contributed by atoms with Crippen LogP contribution < -0.4 is 0 Å². The van der Waals surface area contributed by atoms with E-state index in [9.17, 15) is 9.59 Å². The monoisotopic (exact) mass is 448 g/mol. The summed E-state index contributed by atoms with van der Waals surface area (Å²) < 4.78 is 10.9. The van der Waals surface area contributed by atoms with Crippen LogP contribution in [0.4, 0.5) is 0 Å². The Balaban J connectivity index is 1.47. The van der Waals surface area contributed by atoms with Crippen LogP contribution in [-0.2, 0) is 19.1 Å². The molecule has 0 aromatic carbocycles. The molecular formula is C28H48O4.